The Morgan fingerprint density at radius 3 is 2.63 bits per heavy atom. The van der Waals surface area contributed by atoms with Crippen molar-refractivity contribution >= 4 is 40.5 Å². The highest BCUT2D eigenvalue weighted by Crippen LogP contribution is 2.29. The fourth-order valence-corrected chi connectivity index (χ4v) is 1.96. The molecular formula is C14H12Cl2N2O. The van der Waals surface area contributed by atoms with Gasteiger partial charge in [-0.15, -0.1) is 0 Å². The molecule has 3 N–H and O–H groups in total. The number of hydrogen-bond donors (Lipinski definition) is 2. The molecule has 0 aromatic heterocycles. The quantitative estimate of drug-likeness (QED) is 0.818. The van der Waals surface area contributed by atoms with Crippen LogP contribution in [0.25, 0.3) is 0 Å². The summed E-state index contributed by atoms with van der Waals surface area (Å²) in [5, 5.41) is 3.44. The molecule has 0 bridgehead atoms. The molecule has 0 spiro atoms. The van der Waals surface area contributed by atoms with Crippen LogP contribution in [0.5, 0.6) is 0 Å². The summed E-state index contributed by atoms with van der Waals surface area (Å²) in [5.74, 6) is -0.257. The Kier molecular flexibility index (Phi) is 3.98. The van der Waals surface area contributed by atoms with E-state index in [1.54, 1.807) is 36.4 Å². The van der Waals surface area contributed by atoms with Gasteiger partial charge in [-0.1, -0.05) is 29.3 Å². The van der Waals surface area contributed by atoms with E-state index in [1.165, 1.54) is 0 Å². The van der Waals surface area contributed by atoms with E-state index >= 15 is 0 Å². The van der Waals surface area contributed by atoms with Crippen LogP contribution in [0.2, 0.25) is 10.0 Å². The summed E-state index contributed by atoms with van der Waals surface area (Å²) in [6.45, 7) is 1.85. The summed E-state index contributed by atoms with van der Waals surface area (Å²) in [5.41, 5.74) is 8.21. The highest BCUT2D eigenvalue weighted by molar-refractivity contribution is 6.44. The first-order chi connectivity index (χ1) is 8.99. The van der Waals surface area contributed by atoms with Crippen molar-refractivity contribution in [1.29, 1.82) is 0 Å². The molecule has 0 unspecified atom stereocenters. The second kappa shape index (κ2) is 5.51. The number of nitrogens with one attached hydrogen (secondary N) is 1. The minimum atomic E-state index is -0.257. The van der Waals surface area contributed by atoms with Crippen LogP contribution in [-0.2, 0) is 0 Å². The smallest absolute Gasteiger partial charge is 0.255 e. The number of aryl methyl sites for hydroxylation is 1. The maximum Gasteiger partial charge on any atom is 0.255 e. The van der Waals surface area contributed by atoms with E-state index < -0.39 is 0 Å². The van der Waals surface area contributed by atoms with Gasteiger partial charge in [0.15, 0.2) is 0 Å². The summed E-state index contributed by atoms with van der Waals surface area (Å²) in [6, 6.07) is 10.2. The maximum absolute atomic E-state index is 12.1. The Bertz CT molecular complexity index is 641. The standard InChI is InChI=1S/C14H12Cl2N2O/c1-8-7-9(5-6-11(8)17)14(19)18-12-4-2-3-10(15)13(12)16/h2-7H,17H2,1H3,(H,18,19). The topological polar surface area (TPSA) is 55.1 Å². The van der Waals surface area contributed by atoms with Crippen molar-refractivity contribution in [3.63, 3.8) is 0 Å². The monoisotopic (exact) mass is 294 g/mol. The van der Waals surface area contributed by atoms with E-state index in [9.17, 15) is 4.79 Å². The first-order valence-corrected chi connectivity index (χ1v) is 6.36. The molecule has 2 aromatic rings. The lowest BCUT2D eigenvalue weighted by Gasteiger charge is -2.09. The molecule has 0 aliphatic rings. The summed E-state index contributed by atoms with van der Waals surface area (Å²) in [6.07, 6.45) is 0. The number of anilines is 2. The van der Waals surface area contributed by atoms with Crippen LogP contribution in [0.3, 0.4) is 0 Å². The lowest BCUT2D eigenvalue weighted by molar-refractivity contribution is 0.102. The van der Waals surface area contributed by atoms with E-state index in [4.69, 9.17) is 28.9 Å². The summed E-state index contributed by atoms with van der Waals surface area (Å²) < 4.78 is 0. The molecule has 3 nitrogen and oxygen atoms in total. The van der Waals surface area contributed by atoms with Gasteiger partial charge in [0.25, 0.3) is 5.91 Å². The van der Waals surface area contributed by atoms with Crippen molar-refractivity contribution in [1.82, 2.24) is 0 Å². The van der Waals surface area contributed by atoms with Crippen LogP contribution in [0.4, 0.5) is 11.4 Å². The normalized spacial score (nSPS) is 10.3. The number of benzene rings is 2. The highest BCUT2D eigenvalue weighted by atomic mass is 35.5. The SMILES string of the molecule is Cc1cc(C(=O)Nc2cccc(Cl)c2Cl)ccc1N. The highest BCUT2D eigenvalue weighted by Gasteiger charge is 2.10. The van der Waals surface area contributed by atoms with Crippen molar-refractivity contribution in [3.8, 4) is 0 Å². The first kappa shape index (κ1) is 13.7. The molecule has 0 saturated heterocycles. The molecule has 2 rings (SSSR count). The van der Waals surface area contributed by atoms with Crippen LogP contribution in [-0.4, -0.2) is 5.91 Å². The van der Waals surface area contributed by atoms with E-state index in [0.717, 1.165) is 5.56 Å². The Balaban J connectivity index is 2.26. The molecule has 0 heterocycles. The lowest BCUT2D eigenvalue weighted by Crippen LogP contribution is -2.12. The number of carbonyl (C=O) groups excluding carboxylic acids is 1. The third-order valence-corrected chi connectivity index (χ3v) is 3.55. The fraction of sp³-hybridized carbons (Fsp3) is 0.0714. The largest absolute Gasteiger partial charge is 0.399 e. The number of amides is 1. The first-order valence-electron chi connectivity index (χ1n) is 5.60. The minimum absolute atomic E-state index is 0.257. The zero-order valence-corrected chi connectivity index (χ0v) is 11.7. The number of nitrogens with two attached hydrogens (primary N) is 1. The van der Waals surface area contributed by atoms with Crippen LogP contribution < -0.4 is 11.1 Å². The van der Waals surface area contributed by atoms with Crippen LogP contribution >= 0.6 is 23.2 Å². The van der Waals surface area contributed by atoms with E-state index in [1.807, 2.05) is 6.92 Å². The zero-order chi connectivity index (χ0) is 14.0. The number of rotatable bonds is 2. The van der Waals surface area contributed by atoms with Crippen LogP contribution in [0, 0.1) is 6.92 Å². The molecule has 0 saturated carbocycles. The van der Waals surface area contributed by atoms with Gasteiger partial charge in [0.1, 0.15) is 0 Å². The Morgan fingerprint density at radius 1 is 1.21 bits per heavy atom. The van der Waals surface area contributed by atoms with Crippen molar-refractivity contribution < 1.29 is 4.79 Å². The van der Waals surface area contributed by atoms with Gasteiger partial charge in [0.05, 0.1) is 15.7 Å². The second-order valence-corrected chi connectivity index (χ2v) is 4.91. The molecule has 0 atom stereocenters. The lowest BCUT2D eigenvalue weighted by atomic mass is 10.1. The van der Waals surface area contributed by atoms with Crippen molar-refractivity contribution in [2.24, 2.45) is 0 Å². The Hall–Kier alpha value is -1.71. The second-order valence-electron chi connectivity index (χ2n) is 4.13. The summed E-state index contributed by atoms with van der Waals surface area (Å²) >= 11 is 11.9. The van der Waals surface area contributed by atoms with Gasteiger partial charge in [0.2, 0.25) is 0 Å². The van der Waals surface area contributed by atoms with Crippen molar-refractivity contribution in [2.75, 3.05) is 11.1 Å². The molecule has 0 radical (unpaired) electrons. The number of hydrogen-bond acceptors (Lipinski definition) is 2. The third-order valence-electron chi connectivity index (χ3n) is 2.73. The van der Waals surface area contributed by atoms with E-state index in [2.05, 4.69) is 5.32 Å². The van der Waals surface area contributed by atoms with Crippen molar-refractivity contribution in [3.05, 3.63) is 57.6 Å². The van der Waals surface area contributed by atoms with E-state index in [0.29, 0.717) is 27.0 Å². The number of carbonyl (C=O) groups is 1. The predicted molar refractivity (Wildman–Crippen MR) is 80.0 cm³/mol. The predicted octanol–water partition coefficient (Wildman–Crippen LogP) is 4.14. The molecule has 0 aliphatic heterocycles. The van der Waals surface area contributed by atoms with Gasteiger partial charge in [-0.05, 0) is 42.8 Å². The molecule has 19 heavy (non-hydrogen) atoms. The molecule has 5 heteroatoms. The maximum atomic E-state index is 12.1. The van der Waals surface area contributed by atoms with Gasteiger partial charge < -0.3 is 11.1 Å². The van der Waals surface area contributed by atoms with Crippen molar-refractivity contribution in [2.45, 2.75) is 6.92 Å². The average molecular weight is 295 g/mol. The molecule has 98 valence electrons. The average Bonchev–Trinajstić information content (AvgIpc) is 2.38. The third kappa shape index (κ3) is 3.00. The minimum Gasteiger partial charge on any atom is -0.399 e. The Labute approximate surface area is 121 Å². The molecule has 1 amide bonds. The van der Waals surface area contributed by atoms with Crippen LogP contribution in [0.1, 0.15) is 15.9 Å². The summed E-state index contributed by atoms with van der Waals surface area (Å²) in [4.78, 5) is 12.1. The molecular weight excluding hydrogens is 283 g/mol. The fourth-order valence-electron chi connectivity index (χ4n) is 1.61. The number of nitrogen functional groups attached to an aromatic ring is 1. The van der Waals surface area contributed by atoms with Gasteiger partial charge in [0, 0.05) is 11.3 Å². The van der Waals surface area contributed by atoms with Gasteiger partial charge >= 0.3 is 0 Å². The van der Waals surface area contributed by atoms with E-state index in [-0.39, 0.29) is 5.91 Å². The van der Waals surface area contributed by atoms with Crippen LogP contribution in [0.15, 0.2) is 36.4 Å². The molecule has 2 aromatic carbocycles. The Morgan fingerprint density at radius 2 is 1.95 bits per heavy atom. The number of halogens is 2. The molecule has 0 aliphatic carbocycles. The van der Waals surface area contributed by atoms with Gasteiger partial charge in [-0.25, -0.2) is 0 Å². The van der Waals surface area contributed by atoms with Gasteiger partial charge in [-0.3, -0.25) is 4.79 Å². The molecule has 0 fully saturated rings. The summed E-state index contributed by atoms with van der Waals surface area (Å²) in [7, 11) is 0. The van der Waals surface area contributed by atoms with Gasteiger partial charge in [-0.2, -0.15) is 0 Å². The zero-order valence-electron chi connectivity index (χ0n) is 10.2.